The van der Waals surface area contributed by atoms with Gasteiger partial charge in [-0.05, 0) is 48.4 Å². The second-order valence-corrected chi connectivity index (χ2v) is 8.59. The van der Waals surface area contributed by atoms with Gasteiger partial charge in [0.25, 0.3) is 0 Å². The maximum Gasteiger partial charge on any atom is 0.0915 e. The fourth-order valence-electron chi connectivity index (χ4n) is 4.90. The van der Waals surface area contributed by atoms with E-state index in [-0.39, 0.29) is 11.0 Å². The SMILES string of the molecule is Cc1ccccc1N1[C@@H](C)C(C)(C)CC1(c1ccccc1)c1ccccc1. The third-order valence-corrected chi connectivity index (χ3v) is 6.52. The molecule has 0 unspecified atom stereocenters. The van der Waals surface area contributed by atoms with Crippen molar-refractivity contribution >= 4 is 5.69 Å². The highest BCUT2D eigenvalue weighted by Gasteiger charge is 2.55. The topological polar surface area (TPSA) is 3.24 Å². The summed E-state index contributed by atoms with van der Waals surface area (Å²) in [5.74, 6) is 0. The number of benzene rings is 3. The number of nitrogens with zero attached hydrogens (tertiary/aromatic N) is 1. The standard InChI is InChI=1S/C26H29N/c1-20-13-11-12-18-24(20)27-21(2)25(3,4)19-26(27,22-14-7-5-8-15-22)23-16-9-6-10-17-23/h5-18,21H,19H2,1-4H3/t21-/m0/s1. The molecule has 1 atom stereocenters. The zero-order valence-electron chi connectivity index (χ0n) is 16.8. The van der Waals surface area contributed by atoms with Crippen LogP contribution < -0.4 is 4.90 Å². The molecular formula is C26H29N. The summed E-state index contributed by atoms with van der Waals surface area (Å²) in [6.45, 7) is 9.45. The van der Waals surface area contributed by atoms with Crippen LogP contribution in [0.15, 0.2) is 84.9 Å². The van der Waals surface area contributed by atoms with E-state index in [4.69, 9.17) is 0 Å². The minimum atomic E-state index is -0.169. The Bertz CT molecular complexity index is 872. The Morgan fingerprint density at radius 1 is 0.741 bits per heavy atom. The molecule has 1 aliphatic heterocycles. The summed E-state index contributed by atoms with van der Waals surface area (Å²) in [7, 11) is 0. The van der Waals surface area contributed by atoms with Crippen LogP contribution in [0.1, 0.15) is 43.9 Å². The van der Waals surface area contributed by atoms with Gasteiger partial charge in [-0.15, -0.1) is 0 Å². The first-order chi connectivity index (χ1) is 13.0. The Kier molecular flexibility index (Phi) is 4.34. The molecule has 1 nitrogen and oxygen atoms in total. The molecule has 0 amide bonds. The van der Waals surface area contributed by atoms with Gasteiger partial charge in [0, 0.05) is 11.7 Å². The van der Waals surface area contributed by atoms with E-state index in [2.05, 4.69) is 118 Å². The number of hydrogen-bond acceptors (Lipinski definition) is 1. The van der Waals surface area contributed by atoms with Gasteiger partial charge in [0.15, 0.2) is 0 Å². The summed E-state index contributed by atoms with van der Waals surface area (Å²) in [5.41, 5.74) is 5.43. The van der Waals surface area contributed by atoms with Gasteiger partial charge < -0.3 is 4.90 Å². The summed E-state index contributed by atoms with van der Waals surface area (Å²) < 4.78 is 0. The van der Waals surface area contributed by atoms with Crippen LogP contribution in [0.25, 0.3) is 0 Å². The van der Waals surface area contributed by atoms with E-state index in [9.17, 15) is 0 Å². The van der Waals surface area contributed by atoms with Crippen LogP contribution in [-0.2, 0) is 5.54 Å². The summed E-state index contributed by atoms with van der Waals surface area (Å²) in [4.78, 5) is 2.69. The molecule has 4 rings (SSSR count). The maximum absolute atomic E-state index is 2.69. The van der Waals surface area contributed by atoms with Gasteiger partial charge in [-0.2, -0.15) is 0 Å². The van der Waals surface area contributed by atoms with Gasteiger partial charge in [0.2, 0.25) is 0 Å². The molecule has 0 spiro atoms. The van der Waals surface area contributed by atoms with E-state index in [0.29, 0.717) is 6.04 Å². The highest BCUT2D eigenvalue weighted by atomic mass is 15.3. The van der Waals surface area contributed by atoms with E-state index in [0.717, 1.165) is 6.42 Å². The number of rotatable bonds is 3. The first kappa shape index (κ1) is 17.9. The van der Waals surface area contributed by atoms with E-state index in [1.807, 2.05) is 0 Å². The lowest BCUT2D eigenvalue weighted by atomic mass is 9.74. The summed E-state index contributed by atoms with van der Waals surface area (Å²) in [5, 5.41) is 0. The van der Waals surface area contributed by atoms with Crippen LogP contribution in [0.2, 0.25) is 0 Å². The predicted octanol–water partition coefficient (Wildman–Crippen LogP) is 6.56. The fraction of sp³-hybridized carbons (Fsp3) is 0.308. The fourth-order valence-corrected chi connectivity index (χ4v) is 4.90. The molecular weight excluding hydrogens is 326 g/mol. The molecule has 0 N–H and O–H groups in total. The van der Waals surface area contributed by atoms with Crippen molar-refractivity contribution in [2.45, 2.75) is 45.7 Å². The van der Waals surface area contributed by atoms with Crippen molar-refractivity contribution in [1.29, 1.82) is 0 Å². The molecule has 1 aliphatic rings. The number of hydrogen-bond donors (Lipinski definition) is 0. The average Bonchev–Trinajstić information content (AvgIpc) is 2.91. The number of para-hydroxylation sites is 1. The molecule has 1 heterocycles. The molecule has 0 bridgehead atoms. The van der Waals surface area contributed by atoms with Gasteiger partial charge in [0.05, 0.1) is 5.54 Å². The molecule has 0 saturated carbocycles. The lowest BCUT2D eigenvalue weighted by Crippen LogP contribution is -2.46. The molecule has 3 aromatic rings. The van der Waals surface area contributed by atoms with Crippen LogP contribution in [-0.4, -0.2) is 6.04 Å². The molecule has 3 aromatic carbocycles. The van der Waals surface area contributed by atoms with Crippen molar-refractivity contribution in [3.05, 3.63) is 102 Å². The van der Waals surface area contributed by atoms with Gasteiger partial charge in [-0.1, -0.05) is 92.7 Å². The Balaban J connectivity index is 2.05. The molecule has 0 aromatic heterocycles. The first-order valence-electron chi connectivity index (χ1n) is 9.93. The van der Waals surface area contributed by atoms with E-state index < -0.39 is 0 Å². The third-order valence-electron chi connectivity index (χ3n) is 6.52. The minimum absolute atomic E-state index is 0.169. The average molecular weight is 356 g/mol. The van der Waals surface area contributed by atoms with Crippen LogP contribution in [0.5, 0.6) is 0 Å². The molecule has 27 heavy (non-hydrogen) atoms. The van der Waals surface area contributed by atoms with E-state index >= 15 is 0 Å². The van der Waals surface area contributed by atoms with Crippen molar-refractivity contribution in [1.82, 2.24) is 0 Å². The van der Waals surface area contributed by atoms with Crippen LogP contribution >= 0.6 is 0 Å². The van der Waals surface area contributed by atoms with E-state index in [1.165, 1.54) is 22.4 Å². The van der Waals surface area contributed by atoms with Crippen LogP contribution in [0.4, 0.5) is 5.69 Å². The Morgan fingerprint density at radius 2 is 1.22 bits per heavy atom. The largest absolute Gasteiger partial charge is 0.354 e. The summed E-state index contributed by atoms with van der Waals surface area (Å²) >= 11 is 0. The second-order valence-electron chi connectivity index (χ2n) is 8.59. The molecule has 1 heteroatoms. The Morgan fingerprint density at radius 3 is 1.74 bits per heavy atom. The molecule has 138 valence electrons. The lowest BCUT2D eigenvalue weighted by Gasteiger charge is -2.44. The van der Waals surface area contributed by atoms with Gasteiger partial charge in [0.1, 0.15) is 0 Å². The minimum Gasteiger partial charge on any atom is -0.354 e. The van der Waals surface area contributed by atoms with Crippen molar-refractivity contribution in [2.24, 2.45) is 5.41 Å². The van der Waals surface area contributed by atoms with Gasteiger partial charge >= 0.3 is 0 Å². The maximum atomic E-state index is 2.69. The van der Waals surface area contributed by atoms with Gasteiger partial charge in [-0.25, -0.2) is 0 Å². The van der Waals surface area contributed by atoms with Crippen LogP contribution in [0.3, 0.4) is 0 Å². The highest BCUT2D eigenvalue weighted by molar-refractivity contribution is 5.63. The molecule has 0 aliphatic carbocycles. The monoisotopic (exact) mass is 355 g/mol. The van der Waals surface area contributed by atoms with Crippen molar-refractivity contribution in [3.63, 3.8) is 0 Å². The molecule has 1 fully saturated rings. The van der Waals surface area contributed by atoms with E-state index in [1.54, 1.807) is 0 Å². The summed E-state index contributed by atoms with van der Waals surface area (Å²) in [6.07, 6.45) is 1.09. The van der Waals surface area contributed by atoms with Crippen molar-refractivity contribution < 1.29 is 0 Å². The predicted molar refractivity (Wildman–Crippen MR) is 115 cm³/mol. The normalized spacial score (nSPS) is 20.6. The zero-order valence-corrected chi connectivity index (χ0v) is 16.8. The third kappa shape index (κ3) is 2.77. The first-order valence-corrected chi connectivity index (χ1v) is 9.93. The molecule has 0 radical (unpaired) electrons. The second kappa shape index (κ2) is 6.56. The van der Waals surface area contributed by atoms with Gasteiger partial charge in [-0.3, -0.25) is 0 Å². The summed E-state index contributed by atoms with van der Waals surface area (Å²) in [6, 6.07) is 31.3. The van der Waals surface area contributed by atoms with Crippen molar-refractivity contribution in [3.8, 4) is 0 Å². The Hall–Kier alpha value is -2.54. The zero-order chi connectivity index (χ0) is 19.1. The Labute approximate surface area is 163 Å². The number of aryl methyl sites for hydroxylation is 1. The quantitative estimate of drug-likeness (QED) is 0.514. The van der Waals surface area contributed by atoms with Crippen LogP contribution in [0, 0.1) is 12.3 Å². The molecule has 1 saturated heterocycles. The smallest absolute Gasteiger partial charge is 0.0915 e. The number of anilines is 1. The lowest BCUT2D eigenvalue weighted by molar-refractivity contribution is 0.330. The van der Waals surface area contributed by atoms with Crippen molar-refractivity contribution in [2.75, 3.05) is 4.90 Å². The highest BCUT2D eigenvalue weighted by Crippen LogP contribution is 2.56.